The van der Waals surface area contributed by atoms with Crippen molar-refractivity contribution in [1.29, 1.82) is 0 Å². The van der Waals surface area contributed by atoms with Crippen molar-refractivity contribution in [3.63, 3.8) is 0 Å². The molecule has 0 amide bonds. The SMILES string of the molecule is c1cnc(-c2noc(C3Cc4nc[nH]c4CN3)n2)nc1. The van der Waals surface area contributed by atoms with Crippen LogP contribution in [0.15, 0.2) is 29.3 Å². The number of fused-ring (bicyclic) bond motifs is 1. The Morgan fingerprint density at radius 1 is 1.15 bits per heavy atom. The normalized spacial score (nSPS) is 17.9. The predicted octanol–water partition coefficient (Wildman–Crippen LogP) is 0.637. The maximum Gasteiger partial charge on any atom is 0.244 e. The number of aromatic nitrogens is 6. The highest BCUT2D eigenvalue weighted by atomic mass is 16.5. The number of hydrogen-bond donors (Lipinski definition) is 2. The second-order valence-corrected chi connectivity index (χ2v) is 4.49. The van der Waals surface area contributed by atoms with Crippen molar-refractivity contribution >= 4 is 0 Å². The molecule has 1 atom stereocenters. The second-order valence-electron chi connectivity index (χ2n) is 4.49. The summed E-state index contributed by atoms with van der Waals surface area (Å²) < 4.78 is 5.31. The molecular formula is C12H11N7O. The third-order valence-corrected chi connectivity index (χ3v) is 3.24. The van der Waals surface area contributed by atoms with E-state index in [9.17, 15) is 0 Å². The molecule has 4 rings (SSSR count). The van der Waals surface area contributed by atoms with Gasteiger partial charge >= 0.3 is 0 Å². The average molecular weight is 269 g/mol. The molecule has 0 bridgehead atoms. The first-order valence-corrected chi connectivity index (χ1v) is 6.25. The van der Waals surface area contributed by atoms with Gasteiger partial charge < -0.3 is 9.51 Å². The van der Waals surface area contributed by atoms with Crippen LogP contribution in [0.4, 0.5) is 0 Å². The largest absolute Gasteiger partial charge is 0.347 e. The van der Waals surface area contributed by atoms with E-state index in [2.05, 4.69) is 35.4 Å². The third kappa shape index (κ3) is 1.86. The molecule has 4 heterocycles. The van der Waals surface area contributed by atoms with Crippen molar-refractivity contribution in [1.82, 2.24) is 35.4 Å². The Balaban J connectivity index is 1.60. The van der Waals surface area contributed by atoms with Crippen LogP contribution >= 0.6 is 0 Å². The molecule has 0 radical (unpaired) electrons. The van der Waals surface area contributed by atoms with Crippen LogP contribution in [-0.2, 0) is 13.0 Å². The van der Waals surface area contributed by atoms with Crippen molar-refractivity contribution in [2.45, 2.75) is 19.0 Å². The number of nitrogens with zero attached hydrogens (tertiary/aromatic N) is 5. The second kappa shape index (κ2) is 4.49. The number of H-pyrrole nitrogens is 1. The molecule has 0 saturated carbocycles. The first-order valence-electron chi connectivity index (χ1n) is 6.25. The lowest BCUT2D eigenvalue weighted by molar-refractivity contribution is 0.319. The van der Waals surface area contributed by atoms with E-state index in [0.29, 0.717) is 24.1 Å². The third-order valence-electron chi connectivity index (χ3n) is 3.24. The van der Waals surface area contributed by atoms with Gasteiger partial charge in [-0.1, -0.05) is 5.16 Å². The standard InChI is InChI=1S/C12H11N7O/c1-2-13-10(14-3-1)11-18-12(20-19-11)8-4-7-9(5-15-8)17-6-16-7/h1-3,6,8,15H,4-5H2,(H,16,17). The molecule has 1 aliphatic rings. The molecule has 0 saturated heterocycles. The van der Waals surface area contributed by atoms with Gasteiger partial charge in [-0.2, -0.15) is 4.98 Å². The molecular weight excluding hydrogens is 258 g/mol. The summed E-state index contributed by atoms with van der Waals surface area (Å²) in [6, 6.07) is 1.71. The van der Waals surface area contributed by atoms with Crippen molar-refractivity contribution in [3.8, 4) is 11.6 Å². The first kappa shape index (κ1) is 11.2. The van der Waals surface area contributed by atoms with E-state index >= 15 is 0 Å². The van der Waals surface area contributed by atoms with Gasteiger partial charge in [0.25, 0.3) is 0 Å². The monoisotopic (exact) mass is 269 g/mol. The Labute approximate surface area is 113 Å². The van der Waals surface area contributed by atoms with Gasteiger partial charge in [-0.15, -0.1) is 0 Å². The fraction of sp³-hybridized carbons (Fsp3) is 0.250. The lowest BCUT2D eigenvalue weighted by Crippen LogP contribution is -2.28. The summed E-state index contributed by atoms with van der Waals surface area (Å²) in [6.45, 7) is 0.708. The molecule has 0 aliphatic carbocycles. The highest BCUT2D eigenvalue weighted by Crippen LogP contribution is 2.23. The van der Waals surface area contributed by atoms with Crippen LogP contribution < -0.4 is 5.32 Å². The topological polar surface area (TPSA) is 105 Å². The molecule has 8 nitrogen and oxygen atoms in total. The summed E-state index contributed by atoms with van der Waals surface area (Å²) in [6.07, 6.45) is 5.71. The van der Waals surface area contributed by atoms with Crippen molar-refractivity contribution in [2.75, 3.05) is 0 Å². The molecule has 8 heteroatoms. The Kier molecular flexibility index (Phi) is 2.52. The zero-order valence-corrected chi connectivity index (χ0v) is 10.4. The van der Waals surface area contributed by atoms with Crippen molar-refractivity contribution in [2.24, 2.45) is 0 Å². The molecule has 1 unspecified atom stereocenters. The lowest BCUT2D eigenvalue weighted by Gasteiger charge is -2.19. The number of aromatic amines is 1. The number of nitrogens with one attached hydrogen (secondary N) is 2. The van der Waals surface area contributed by atoms with Crippen LogP contribution in [0.2, 0.25) is 0 Å². The molecule has 0 fully saturated rings. The minimum atomic E-state index is -0.0317. The molecule has 3 aromatic rings. The molecule has 100 valence electrons. The van der Waals surface area contributed by atoms with Crippen LogP contribution in [0.1, 0.15) is 23.3 Å². The highest BCUT2D eigenvalue weighted by molar-refractivity contribution is 5.40. The van der Waals surface area contributed by atoms with Gasteiger partial charge in [-0.25, -0.2) is 15.0 Å². The van der Waals surface area contributed by atoms with Crippen LogP contribution in [0.25, 0.3) is 11.6 Å². The molecule has 0 aromatic carbocycles. The molecule has 0 spiro atoms. The van der Waals surface area contributed by atoms with E-state index in [-0.39, 0.29) is 6.04 Å². The van der Waals surface area contributed by atoms with Gasteiger partial charge in [0, 0.05) is 25.4 Å². The average Bonchev–Trinajstić information content (AvgIpc) is 3.16. The van der Waals surface area contributed by atoms with Crippen LogP contribution in [0.3, 0.4) is 0 Å². The zero-order chi connectivity index (χ0) is 13.4. The summed E-state index contributed by atoms with van der Waals surface area (Å²) >= 11 is 0. The summed E-state index contributed by atoms with van der Waals surface area (Å²) in [5.74, 6) is 1.38. The van der Waals surface area contributed by atoms with E-state index in [1.807, 2.05) is 0 Å². The quantitative estimate of drug-likeness (QED) is 0.703. The van der Waals surface area contributed by atoms with Gasteiger partial charge in [-0.05, 0) is 6.07 Å². The Hall–Kier alpha value is -2.61. The van der Waals surface area contributed by atoms with Crippen LogP contribution in [0, 0.1) is 0 Å². The van der Waals surface area contributed by atoms with Crippen molar-refractivity contribution < 1.29 is 4.52 Å². The van der Waals surface area contributed by atoms with Gasteiger partial charge in [0.2, 0.25) is 17.5 Å². The molecule has 2 N–H and O–H groups in total. The van der Waals surface area contributed by atoms with Crippen LogP contribution in [-0.4, -0.2) is 30.1 Å². The minimum absolute atomic E-state index is 0.0317. The van der Waals surface area contributed by atoms with Gasteiger partial charge in [0.15, 0.2) is 0 Å². The summed E-state index contributed by atoms with van der Waals surface area (Å²) in [4.78, 5) is 19.9. The molecule has 1 aliphatic heterocycles. The van der Waals surface area contributed by atoms with Gasteiger partial charge in [0.1, 0.15) is 0 Å². The fourth-order valence-electron chi connectivity index (χ4n) is 2.23. The van der Waals surface area contributed by atoms with Crippen LogP contribution in [0.5, 0.6) is 0 Å². The summed E-state index contributed by atoms with van der Waals surface area (Å²) in [5.41, 5.74) is 2.14. The number of rotatable bonds is 2. The Bertz CT molecular complexity index is 720. The number of imidazole rings is 1. The lowest BCUT2D eigenvalue weighted by atomic mass is 10.1. The summed E-state index contributed by atoms with van der Waals surface area (Å²) in [5, 5.41) is 7.26. The molecule has 20 heavy (non-hydrogen) atoms. The van der Waals surface area contributed by atoms with Gasteiger partial charge in [-0.3, -0.25) is 5.32 Å². The van der Waals surface area contributed by atoms with E-state index in [1.165, 1.54) is 0 Å². The highest BCUT2D eigenvalue weighted by Gasteiger charge is 2.26. The van der Waals surface area contributed by atoms with Crippen molar-refractivity contribution in [3.05, 3.63) is 42.1 Å². The minimum Gasteiger partial charge on any atom is -0.347 e. The predicted molar refractivity (Wildman–Crippen MR) is 67.2 cm³/mol. The Morgan fingerprint density at radius 2 is 2.05 bits per heavy atom. The fourth-order valence-corrected chi connectivity index (χ4v) is 2.23. The maximum absolute atomic E-state index is 5.31. The van der Waals surface area contributed by atoms with E-state index in [4.69, 9.17) is 4.52 Å². The zero-order valence-electron chi connectivity index (χ0n) is 10.4. The van der Waals surface area contributed by atoms with E-state index in [0.717, 1.165) is 17.8 Å². The summed E-state index contributed by atoms with van der Waals surface area (Å²) in [7, 11) is 0. The van der Waals surface area contributed by atoms with E-state index in [1.54, 1.807) is 24.8 Å². The molecule has 3 aromatic heterocycles. The smallest absolute Gasteiger partial charge is 0.244 e. The maximum atomic E-state index is 5.31. The Morgan fingerprint density at radius 3 is 2.95 bits per heavy atom. The van der Waals surface area contributed by atoms with E-state index < -0.39 is 0 Å². The number of hydrogen-bond acceptors (Lipinski definition) is 7. The first-order chi connectivity index (χ1) is 9.90. The van der Waals surface area contributed by atoms with Gasteiger partial charge in [0.05, 0.1) is 23.8 Å².